The van der Waals surface area contributed by atoms with E-state index in [1.54, 1.807) is 24.8 Å². The molecule has 1 aliphatic carbocycles. The Balaban J connectivity index is 1.25. The van der Waals surface area contributed by atoms with Gasteiger partial charge in [-0.15, -0.1) is 0 Å². The highest BCUT2D eigenvalue weighted by Crippen LogP contribution is 2.32. The fourth-order valence-corrected chi connectivity index (χ4v) is 5.30. The molecule has 10 heteroatoms. The van der Waals surface area contributed by atoms with Crippen LogP contribution < -0.4 is 0 Å². The summed E-state index contributed by atoms with van der Waals surface area (Å²) in [6, 6.07) is 8.29. The molecule has 0 radical (unpaired) electrons. The number of nitrogens with zero attached hydrogens (tertiary/aromatic N) is 9. The van der Waals surface area contributed by atoms with Crippen LogP contribution in [0.3, 0.4) is 0 Å². The van der Waals surface area contributed by atoms with Gasteiger partial charge in [-0.1, -0.05) is 0 Å². The average Bonchev–Trinajstić information content (AvgIpc) is 3.60. The minimum Gasteiger partial charge on any atom is -0.393 e. The van der Waals surface area contributed by atoms with Crippen LogP contribution in [0.15, 0.2) is 67.6 Å². The third-order valence-electron chi connectivity index (χ3n) is 7.34. The summed E-state index contributed by atoms with van der Waals surface area (Å²) in [4.78, 5) is 22.4. The maximum absolute atomic E-state index is 9.84. The molecule has 1 saturated carbocycles. The van der Waals surface area contributed by atoms with Gasteiger partial charge < -0.3 is 5.11 Å². The van der Waals surface area contributed by atoms with E-state index in [0.717, 1.165) is 70.5 Å². The summed E-state index contributed by atoms with van der Waals surface area (Å²) < 4.78 is 3.91. The number of aromatic nitrogens is 9. The van der Waals surface area contributed by atoms with Crippen molar-refractivity contribution in [3.63, 3.8) is 0 Å². The molecule has 1 N–H and O–H groups in total. The van der Waals surface area contributed by atoms with Crippen molar-refractivity contribution in [1.82, 2.24) is 44.3 Å². The molecule has 1 aliphatic rings. The van der Waals surface area contributed by atoms with Gasteiger partial charge in [0, 0.05) is 46.9 Å². The first-order chi connectivity index (χ1) is 18.6. The molecule has 0 atom stereocenters. The van der Waals surface area contributed by atoms with Gasteiger partial charge in [0.25, 0.3) is 0 Å². The molecule has 188 valence electrons. The monoisotopic (exact) mass is 503 g/mol. The van der Waals surface area contributed by atoms with Crippen LogP contribution in [0.5, 0.6) is 0 Å². The zero-order valence-corrected chi connectivity index (χ0v) is 20.8. The number of pyridine rings is 2. The van der Waals surface area contributed by atoms with Crippen molar-refractivity contribution in [2.24, 2.45) is 0 Å². The van der Waals surface area contributed by atoms with Crippen molar-refractivity contribution in [3.8, 4) is 33.8 Å². The Morgan fingerprint density at radius 2 is 1.76 bits per heavy atom. The highest BCUT2D eigenvalue weighted by Gasteiger charge is 2.22. The summed E-state index contributed by atoms with van der Waals surface area (Å²) in [6.45, 7) is 2.01. The second-order valence-corrected chi connectivity index (χ2v) is 9.75. The number of fused-ring (bicyclic) bond motifs is 2. The fraction of sp³-hybridized carbons (Fsp3) is 0.250. The third-order valence-corrected chi connectivity index (χ3v) is 7.34. The molecule has 0 amide bonds. The highest BCUT2D eigenvalue weighted by atomic mass is 16.3. The molecule has 0 spiro atoms. The largest absolute Gasteiger partial charge is 0.393 e. The Bertz CT molecular complexity index is 1770. The number of aliphatic hydroxyl groups excluding tert-OH is 1. The van der Waals surface area contributed by atoms with Crippen LogP contribution in [-0.4, -0.2) is 55.5 Å². The molecule has 0 bridgehead atoms. The van der Waals surface area contributed by atoms with Crippen LogP contribution in [0.1, 0.15) is 37.4 Å². The van der Waals surface area contributed by atoms with Gasteiger partial charge in [0.2, 0.25) is 0 Å². The van der Waals surface area contributed by atoms with Crippen molar-refractivity contribution in [2.75, 3.05) is 0 Å². The standard InChI is InChI=1S/C28H25N9O/c1-17-23(18-13-33-36(16-18)19-2-4-20(38)5-3-19)12-27-32-15-26(37(27)35-17)21-8-9-31-28-22(21)6-7-24(34-28)25-14-29-10-11-30-25/h6-16,19-20,38H,2-5H2,1H3. The van der Waals surface area contributed by atoms with E-state index >= 15 is 0 Å². The molecular formula is C28H25N9O. The summed E-state index contributed by atoms with van der Waals surface area (Å²) in [5.74, 6) is 0. The van der Waals surface area contributed by atoms with Gasteiger partial charge in [-0.05, 0) is 56.9 Å². The molecule has 6 aromatic heterocycles. The van der Waals surface area contributed by atoms with Gasteiger partial charge in [-0.25, -0.2) is 19.5 Å². The van der Waals surface area contributed by atoms with Crippen LogP contribution >= 0.6 is 0 Å². The molecule has 6 heterocycles. The van der Waals surface area contributed by atoms with Crippen LogP contribution in [0.4, 0.5) is 0 Å². The Morgan fingerprint density at radius 1 is 0.868 bits per heavy atom. The molecule has 38 heavy (non-hydrogen) atoms. The van der Waals surface area contributed by atoms with Crippen molar-refractivity contribution < 1.29 is 5.11 Å². The molecule has 0 aromatic carbocycles. The summed E-state index contributed by atoms with van der Waals surface area (Å²) in [6.07, 6.45) is 15.9. The lowest BCUT2D eigenvalue weighted by Gasteiger charge is -2.25. The predicted molar refractivity (Wildman–Crippen MR) is 142 cm³/mol. The molecule has 1 fully saturated rings. The van der Waals surface area contributed by atoms with Gasteiger partial charge >= 0.3 is 0 Å². The smallest absolute Gasteiger partial charge is 0.160 e. The van der Waals surface area contributed by atoms with Crippen LogP contribution in [0, 0.1) is 6.92 Å². The first-order valence-corrected chi connectivity index (χ1v) is 12.7. The van der Waals surface area contributed by atoms with E-state index in [1.165, 1.54) is 0 Å². The van der Waals surface area contributed by atoms with Crippen molar-refractivity contribution in [1.29, 1.82) is 0 Å². The van der Waals surface area contributed by atoms with E-state index in [1.807, 2.05) is 46.7 Å². The number of aryl methyl sites for hydroxylation is 1. The van der Waals surface area contributed by atoms with E-state index in [0.29, 0.717) is 17.4 Å². The second kappa shape index (κ2) is 9.07. The predicted octanol–water partition coefficient (Wildman–Crippen LogP) is 4.44. The van der Waals surface area contributed by atoms with Crippen molar-refractivity contribution >= 4 is 16.7 Å². The molecule has 0 unspecified atom stereocenters. The normalized spacial score (nSPS) is 17.8. The first kappa shape index (κ1) is 22.6. The third kappa shape index (κ3) is 3.90. The van der Waals surface area contributed by atoms with E-state index < -0.39 is 0 Å². The summed E-state index contributed by atoms with van der Waals surface area (Å²) in [7, 11) is 0. The van der Waals surface area contributed by atoms with Crippen LogP contribution in [0.25, 0.3) is 50.5 Å². The topological polar surface area (TPSA) is 120 Å². The Kier molecular flexibility index (Phi) is 5.40. The molecule has 0 saturated heterocycles. The summed E-state index contributed by atoms with van der Waals surface area (Å²) >= 11 is 0. The Labute approximate surface area is 218 Å². The molecule has 6 aromatic rings. The highest BCUT2D eigenvalue weighted by molar-refractivity contribution is 5.92. The zero-order valence-electron chi connectivity index (χ0n) is 20.8. The first-order valence-electron chi connectivity index (χ1n) is 12.7. The van der Waals surface area contributed by atoms with Gasteiger partial charge in [0.05, 0.1) is 47.8 Å². The summed E-state index contributed by atoms with van der Waals surface area (Å²) in [5.41, 5.74) is 7.52. The summed E-state index contributed by atoms with van der Waals surface area (Å²) in [5, 5.41) is 20.3. The maximum Gasteiger partial charge on any atom is 0.160 e. The average molecular weight is 504 g/mol. The molecule has 10 nitrogen and oxygen atoms in total. The minimum atomic E-state index is -0.182. The quantitative estimate of drug-likeness (QED) is 0.375. The van der Waals surface area contributed by atoms with E-state index in [4.69, 9.17) is 10.1 Å². The number of hydrogen-bond acceptors (Lipinski definition) is 8. The maximum atomic E-state index is 9.84. The van der Waals surface area contributed by atoms with E-state index in [2.05, 4.69) is 37.3 Å². The number of rotatable bonds is 4. The fourth-order valence-electron chi connectivity index (χ4n) is 5.30. The molecular weight excluding hydrogens is 478 g/mol. The van der Waals surface area contributed by atoms with E-state index in [9.17, 15) is 5.11 Å². The Hall–Kier alpha value is -4.57. The lowest BCUT2D eigenvalue weighted by Crippen LogP contribution is -2.21. The lowest BCUT2D eigenvalue weighted by molar-refractivity contribution is 0.108. The van der Waals surface area contributed by atoms with Gasteiger partial charge in [-0.3, -0.25) is 14.6 Å². The lowest BCUT2D eigenvalue weighted by atomic mass is 9.93. The molecule has 0 aliphatic heterocycles. The van der Waals surface area contributed by atoms with Gasteiger partial charge in [0.1, 0.15) is 5.69 Å². The van der Waals surface area contributed by atoms with E-state index in [-0.39, 0.29) is 6.10 Å². The number of aliphatic hydroxyl groups is 1. The van der Waals surface area contributed by atoms with Gasteiger partial charge in [0.15, 0.2) is 11.3 Å². The zero-order chi connectivity index (χ0) is 25.6. The number of hydrogen-bond donors (Lipinski definition) is 1. The Morgan fingerprint density at radius 3 is 2.61 bits per heavy atom. The number of imidazole rings is 1. The molecule has 7 rings (SSSR count). The second-order valence-electron chi connectivity index (χ2n) is 9.75. The van der Waals surface area contributed by atoms with Gasteiger partial charge in [-0.2, -0.15) is 10.2 Å². The van der Waals surface area contributed by atoms with Crippen LogP contribution in [-0.2, 0) is 0 Å². The SMILES string of the molecule is Cc1nn2c(-c3ccnc4nc(-c5cnccn5)ccc34)cnc2cc1-c1cnn(C2CCC(O)CC2)c1. The van der Waals surface area contributed by atoms with Crippen LogP contribution in [0.2, 0.25) is 0 Å². The van der Waals surface area contributed by atoms with Crippen molar-refractivity contribution in [3.05, 3.63) is 73.3 Å². The van der Waals surface area contributed by atoms with Crippen molar-refractivity contribution in [2.45, 2.75) is 44.8 Å². The minimum absolute atomic E-state index is 0.182.